The molecule has 0 saturated heterocycles. The van der Waals surface area contributed by atoms with Gasteiger partial charge in [0, 0.05) is 12.5 Å². The van der Waals surface area contributed by atoms with Crippen molar-refractivity contribution in [3.63, 3.8) is 0 Å². The van der Waals surface area contributed by atoms with Gasteiger partial charge in [-0.15, -0.1) is 11.3 Å². The van der Waals surface area contributed by atoms with Crippen molar-refractivity contribution in [1.29, 1.82) is 0 Å². The van der Waals surface area contributed by atoms with Gasteiger partial charge in [0.05, 0.1) is 17.3 Å². The van der Waals surface area contributed by atoms with E-state index in [0.29, 0.717) is 6.61 Å². The molecule has 0 N–H and O–H groups in total. The highest BCUT2D eigenvalue weighted by atomic mass is 32.1. The molecule has 0 amide bonds. The fourth-order valence-electron chi connectivity index (χ4n) is 1.01. The number of thiazole rings is 1. The van der Waals surface area contributed by atoms with Gasteiger partial charge < -0.3 is 4.74 Å². The third-order valence-corrected chi connectivity index (χ3v) is 2.59. The van der Waals surface area contributed by atoms with Gasteiger partial charge in [-0.25, -0.2) is 4.98 Å². The molecule has 3 heteroatoms. The molecule has 0 atom stereocenters. The molecule has 0 fully saturated rings. The van der Waals surface area contributed by atoms with E-state index in [1.165, 1.54) is 17.8 Å². The Morgan fingerprint density at radius 2 is 2.42 bits per heavy atom. The number of nitrogens with zero attached hydrogens (tertiary/aromatic N) is 1. The van der Waals surface area contributed by atoms with Crippen LogP contribution in [0.25, 0.3) is 0 Å². The Labute approximate surface area is 77.6 Å². The maximum Gasteiger partial charge on any atom is 0.0929 e. The molecule has 1 aromatic rings. The number of ether oxygens (including phenoxy) is 1. The average Bonchev–Trinajstić information content (AvgIpc) is 2.50. The van der Waals surface area contributed by atoms with Crippen LogP contribution in [0.2, 0.25) is 0 Å². The Hall–Kier alpha value is -0.410. The molecule has 0 saturated carbocycles. The zero-order valence-electron chi connectivity index (χ0n) is 7.67. The van der Waals surface area contributed by atoms with Gasteiger partial charge in [0.2, 0.25) is 0 Å². The second kappa shape index (κ2) is 5.27. The maximum absolute atomic E-state index is 4.99. The van der Waals surface area contributed by atoms with Crippen molar-refractivity contribution in [2.24, 2.45) is 0 Å². The van der Waals surface area contributed by atoms with Gasteiger partial charge in [-0.1, -0.05) is 13.3 Å². The number of hydrogen-bond acceptors (Lipinski definition) is 3. The molecule has 0 spiro atoms. The minimum absolute atomic E-state index is 0.641. The molecule has 12 heavy (non-hydrogen) atoms. The summed E-state index contributed by atoms with van der Waals surface area (Å²) in [5.74, 6) is 0. The van der Waals surface area contributed by atoms with Crippen LogP contribution in [0.5, 0.6) is 0 Å². The van der Waals surface area contributed by atoms with Gasteiger partial charge in [-0.05, 0) is 12.8 Å². The first kappa shape index (κ1) is 9.68. The minimum atomic E-state index is 0.641. The Morgan fingerprint density at radius 3 is 3.08 bits per heavy atom. The Bertz CT molecular complexity index is 222. The summed E-state index contributed by atoms with van der Waals surface area (Å²) in [4.78, 5) is 4.43. The van der Waals surface area contributed by atoms with Crippen molar-refractivity contribution in [2.45, 2.75) is 32.8 Å². The van der Waals surface area contributed by atoms with E-state index in [2.05, 4.69) is 17.3 Å². The molecule has 1 aromatic heterocycles. The number of rotatable bonds is 5. The number of hydrogen-bond donors (Lipinski definition) is 0. The van der Waals surface area contributed by atoms with Crippen LogP contribution < -0.4 is 0 Å². The van der Waals surface area contributed by atoms with E-state index in [9.17, 15) is 0 Å². The molecular weight excluding hydrogens is 170 g/mol. The lowest BCUT2D eigenvalue weighted by atomic mass is 10.3. The predicted molar refractivity (Wildman–Crippen MR) is 51.4 cm³/mol. The fourth-order valence-corrected chi connectivity index (χ4v) is 1.83. The van der Waals surface area contributed by atoms with E-state index in [4.69, 9.17) is 4.74 Å². The highest BCUT2D eigenvalue weighted by molar-refractivity contribution is 7.09. The van der Waals surface area contributed by atoms with E-state index in [1.807, 2.05) is 0 Å². The Balaban J connectivity index is 2.41. The van der Waals surface area contributed by atoms with Crippen molar-refractivity contribution in [2.75, 3.05) is 7.11 Å². The molecule has 1 rings (SSSR count). The molecule has 68 valence electrons. The molecule has 2 nitrogen and oxygen atoms in total. The summed E-state index contributed by atoms with van der Waals surface area (Å²) in [5, 5.41) is 3.32. The monoisotopic (exact) mass is 185 g/mol. The van der Waals surface area contributed by atoms with Crippen LogP contribution in [0, 0.1) is 0 Å². The SMILES string of the molecule is CCCCc1nc(COC)cs1. The number of methoxy groups -OCH3 is 1. The van der Waals surface area contributed by atoms with Crippen LogP contribution in [0.4, 0.5) is 0 Å². The highest BCUT2D eigenvalue weighted by Gasteiger charge is 2.00. The summed E-state index contributed by atoms with van der Waals surface area (Å²) in [6, 6.07) is 0. The summed E-state index contributed by atoms with van der Waals surface area (Å²) in [5.41, 5.74) is 1.06. The number of aryl methyl sites for hydroxylation is 1. The van der Waals surface area contributed by atoms with Crippen LogP contribution in [-0.4, -0.2) is 12.1 Å². The van der Waals surface area contributed by atoms with Crippen molar-refractivity contribution < 1.29 is 4.74 Å². The number of unbranched alkanes of at least 4 members (excludes halogenated alkanes) is 1. The first-order chi connectivity index (χ1) is 5.86. The van der Waals surface area contributed by atoms with E-state index in [-0.39, 0.29) is 0 Å². The molecule has 0 aliphatic heterocycles. The zero-order chi connectivity index (χ0) is 8.81. The van der Waals surface area contributed by atoms with Crippen molar-refractivity contribution in [1.82, 2.24) is 4.98 Å². The molecule has 0 unspecified atom stereocenters. The second-order valence-electron chi connectivity index (χ2n) is 2.77. The largest absolute Gasteiger partial charge is 0.378 e. The van der Waals surface area contributed by atoms with Crippen LogP contribution >= 0.6 is 11.3 Å². The standard InChI is InChI=1S/C9H15NOS/c1-3-4-5-9-10-8(6-11-2)7-12-9/h7H,3-6H2,1-2H3. The van der Waals surface area contributed by atoms with E-state index in [0.717, 1.165) is 12.1 Å². The highest BCUT2D eigenvalue weighted by Crippen LogP contribution is 2.12. The molecule has 0 radical (unpaired) electrons. The lowest BCUT2D eigenvalue weighted by molar-refractivity contribution is 0.182. The number of aromatic nitrogens is 1. The summed E-state index contributed by atoms with van der Waals surface area (Å²) >= 11 is 1.74. The minimum Gasteiger partial charge on any atom is -0.378 e. The molecule has 0 bridgehead atoms. The van der Waals surface area contributed by atoms with E-state index >= 15 is 0 Å². The third-order valence-electron chi connectivity index (χ3n) is 1.64. The van der Waals surface area contributed by atoms with Gasteiger partial charge in [-0.3, -0.25) is 0 Å². The lowest BCUT2D eigenvalue weighted by Crippen LogP contribution is -1.89. The Morgan fingerprint density at radius 1 is 1.58 bits per heavy atom. The summed E-state index contributed by atoms with van der Waals surface area (Å²) in [6.07, 6.45) is 3.59. The molecular formula is C9H15NOS. The topological polar surface area (TPSA) is 22.1 Å². The van der Waals surface area contributed by atoms with Crippen LogP contribution in [0.1, 0.15) is 30.5 Å². The van der Waals surface area contributed by atoms with Crippen molar-refractivity contribution >= 4 is 11.3 Å². The van der Waals surface area contributed by atoms with Gasteiger partial charge >= 0.3 is 0 Å². The average molecular weight is 185 g/mol. The van der Waals surface area contributed by atoms with Crippen molar-refractivity contribution in [3.05, 3.63) is 16.1 Å². The van der Waals surface area contributed by atoms with Gasteiger partial charge in [0.15, 0.2) is 0 Å². The van der Waals surface area contributed by atoms with Gasteiger partial charge in [0.1, 0.15) is 0 Å². The van der Waals surface area contributed by atoms with E-state index < -0.39 is 0 Å². The van der Waals surface area contributed by atoms with Crippen LogP contribution in [-0.2, 0) is 17.8 Å². The normalized spacial score (nSPS) is 10.5. The van der Waals surface area contributed by atoms with Crippen LogP contribution in [0.15, 0.2) is 5.38 Å². The molecule has 0 aliphatic carbocycles. The fraction of sp³-hybridized carbons (Fsp3) is 0.667. The summed E-state index contributed by atoms with van der Waals surface area (Å²) < 4.78 is 4.99. The predicted octanol–water partition coefficient (Wildman–Crippen LogP) is 2.63. The van der Waals surface area contributed by atoms with Gasteiger partial charge in [0.25, 0.3) is 0 Å². The molecule has 0 aliphatic rings. The third kappa shape index (κ3) is 2.91. The van der Waals surface area contributed by atoms with Gasteiger partial charge in [-0.2, -0.15) is 0 Å². The Kier molecular flexibility index (Phi) is 4.25. The molecule has 1 heterocycles. The second-order valence-corrected chi connectivity index (χ2v) is 3.71. The molecule has 0 aromatic carbocycles. The maximum atomic E-state index is 4.99. The first-order valence-electron chi connectivity index (χ1n) is 4.29. The first-order valence-corrected chi connectivity index (χ1v) is 5.17. The lowest BCUT2D eigenvalue weighted by Gasteiger charge is -1.92. The zero-order valence-corrected chi connectivity index (χ0v) is 8.49. The van der Waals surface area contributed by atoms with Crippen LogP contribution in [0.3, 0.4) is 0 Å². The van der Waals surface area contributed by atoms with E-state index in [1.54, 1.807) is 18.4 Å². The van der Waals surface area contributed by atoms with Crippen molar-refractivity contribution in [3.8, 4) is 0 Å². The summed E-state index contributed by atoms with van der Waals surface area (Å²) in [7, 11) is 1.70. The quantitative estimate of drug-likeness (QED) is 0.703. The summed E-state index contributed by atoms with van der Waals surface area (Å²) in [6.45, 7) is 2.84. The smallest absolute Gasteiger partial charge is 0.0929 e.